The molecule has 0 spiro atoms. The first kappa shape index (κ1) is 16.0. The molecule has 3 rings (SSSR count). The maximum atomic E-state index is 12.6. The topological polar surface area (TPSA) is 68.7 Å². The molecule has 2 aromatic rings. The highest BCUT2D eigenvalue weighted by atomic mass is 35.5. The summed E-state index contributed by atoms with van der Waals surface area (Å²) in [6, 6.07) is 15.7. The molecule has 24 heavy (non-hydrogen) atoms. The minimum atomic E-state index is -0.642. The number of carbonyl (C=O) groups is 1. The van der Waals surface area contributed by atoms with Crippen molar-refractivity contribution in [1.82, 2.24) is 0 Å². The molecule has 5 nitrogen and oxygen atoms in total. The number of carbonyl (C=O) groups excluding carboxylic acids is 1. The normalized spacial score (nSPS) is 20.9. The van der Waals surface area contributed by atoms with Crippen LogP contribution in [-0.2, 0) is 4.79 Å². The zero-order valence-corrected chi connectivity index (χ0v) is 13.5. The number of rotatable bonds is 3. The lowest BCUT2D eigenvalue weighted by Crippen LogP contribution is -2.36. The number of amides is 1. The molecule has 1 fully saturated rings. The van der Waals surface area contributed by atoms with Crippen molar-refractivity contribution in [3.8, 4) is 0 Å². The average Bonchev–Trinajstić information content (AvgIpc) is 2.94. The standard InChI is InChI=1S/C18H14ClN3O2/c19-13-6-8-14(9-7-13)22-17(24)10-15(12-4-2-1-3-5-12)18(22)16(23)11-21-20/h1-9,11,15,18H,10H2/p+1/b16-11-/t15-,18+/m1/s1. The third-order valence-corrected chi connectivity index (χ3v) is 4.40. The Morgan fingerprint density at radius 1 is 1.21 bits per heavy atom. The SMILES string of the molecule is N#[N+]/C=C(\O)[C@@H]1[C@@H](c2ccccc2)CC(=O)N1c1ccc(Cl)cc1. The number of aliphatic hydroxyl groups is 1. The maximum absolute atomic E-state index is 12.6. The monoisotopic (exact) mass is 340 g/mol. The lowest BCUT2D eigenvalue weighted by atomic mass is 9.90. The van der Waals surface area contributed by atoms with Gasteiger partial charge in [-0.3, -0.25) is 4.79 Å². The van der Waals surface area contributed by atoms with Crippen LogP contribution in [-0.4, -0.2) is 17.1 Å². The molecule has 0 bridgehead atoms. The number of nitrogens with zero attached hydrogens (tertiary/aromatic N) is 3. The molecule has 0 unspecified atom stereocenters. The van der Waals surface area contributed by atoms with Crippen molar-refractivity contribution in [2.75, 3.05) is 4.90 Å². The van der Waals surface area contributed by atoms with Gasteiger partial charge in [-0.05, 0) is 29.8 Å². The van der Waals surface area contributed by atoms with Crippen LogP contribution in [0.25, 0.3) is 4.98 Å². The van der Waals surface area contributed by atoms with Crippen molar-refractivity contribution in [3.05, 3.63) is 82.1 Å². The molecule has 1 heterocycles. The molecule has 2 aromatic carbocycles. The Hall–Kier alpha value is -2.84. The Bertz CT molecular complexity index is 812. The largest absolute Gasteiger partial charge is 0.504 e. The lowest BCUT2D eigenvalue weighted by molar-refractivity contribution is -0.117. The van der Waals surface area contributed by atoms with E-state index in [0.717, 1.165) is 11.8 Å². The van der Waals surface area contributed by atoms with E-state index < -0.39 is 6.04 Å². The van der Waals surface area contributed by atoms with E-state index in [1.165, 1.54) is 4.90 Å². The van der Waals surface area contributed by atoms with Crippen molar-refractivity contribution < 1.29 is 9.90 Å². The van der Waals surface area contributed by atoms with E-state index in [-0.39, 0.29) is 24.0 Å². The van der Waals surface area contributed by atoms with Gasteiger partial charge in [0.25, 0.3) is 0 Å². The van der Waals surface area contributed by atoms with Crippen molar-refractivity contribution in [1.29, 1.82) is 5.39 Å². The van der Waals surface area contributed by atoms with E-state index in [1.807, 2.05) is 30.3 Å². The van der Waals surface area contributed by atoms with Crippen LogP contribution in [0.4, 0.5) is 5.69 Å². The number of diazo groups is 1. The summed E-state index contributed by atoms with van der Waals surface area (Å²) in [4.78, 5) is 17.0. The summed E-state index contributed by atoms with van der Waals surface area (Å²) < 4.78 is 0. The molecule has 0 aromatic heterocycles. The molecular weight excluding hydrogens is 326 g/mol. The molecule has 1 aliphatic heterocycles. The van der Waals surface area contributed by atoms with Crippen molar-refractivity contribution in [2.24, 2.45) is 0 Å². The lowest BCUT2D eigenvalue weighted by Gasteiger charge is -2.26. The van der Waals surface area contributed by atoms with Crippen LogP contribution < -0.4 is 4.90 Å². The van der Waals surface area contributed by atoms with E-state index in [9.17, 15) is 9.90 Å². The predicted molar refractivity (Wildman–Crippen MR) is 92.3 cm³/mol. The number of hydrogen-bond acceptors (Lipinski definition) is 3. The van der Waals surface area contributed by atoms with E-state index in [1.54, 1.807) is 24.3 Å². The molecule has 1 N–H and O–H groups in total. The van der Waals surface area contributed by atoms with Crippen LogP contribution in [0.2, 0.25) is 5.02 Å². The fourth-order valence-electron chi connectivity index (χ4n) is 3.11. The van der Waals surface area contributed by atoms with E-state index in [0.29, 0.717) is 10.7 Å². The zero-order valence-electron chi connectivity index (χ0n) is 12.7. The highest BCUT2D eigenvalue weighted by Gasteiger charge is 2.44. The quantitative estimate of drug-likeness (QED) is 0.661. The smallest absolute Gasteiger partial charge is 0.389 e. The van der Waals surface area contributed by atoms with Gasteiger partial charge in [-0.15, -0.1) is 0 Å². The van der Waals surface area contributed by atoms with E-state index in [2.05, 4.69) is 4.98 Å². The Morgan fingerprint density at radius 2 is 1.88 bits per heavy atom. The van der Waals surface area contributed by atoms with E-state index >= 15 is 0 Å². The van der Waals surface area contributed by atoms with Gasteiger partial charge >= 0.3 is 6.20 Å². The third kappa shape index (κ3) is 2.97. The molecule has 0 radical (unpaired) electrons. The van der Waals surface area contributed by atoms with Gasteiger partial charge in [0.2, 0.25) is 17.1 Å². The molecular formula is C18H15ClN3O2+. The van der Waals surface area contributed by atoms with Crippen LogP contribution >= 0.6 is 11.6 Å². The van der Waals surface area contributed by atoms with Crippen LogP contribution in [0.3, 0.4) is 0 Å². The second kappa shape index (κ2) is 6.73. The second-order valence-electron chi connectivity index (χ2n) is 5.58. The van der Waals surface area contributed by atoms with Gasteiger partial charge in [-0.25, -0.2) is 0 Å². The first-order valence-electron chi connectivity index (χ1n) is 7.47. The molecule has 120 valence electrons. The summed E-state index contributed by atoms with van der Waals surface area (Å²) >= 11 is 5.92. The predicted octanol–water partition coefficient (Wildman–Crippen LogP) is 4.48. The van der Waals surface area contributed by atoms with Crippen LogP contribution in [0.15, 0.2) is 66.6 Å². The molecule has 1 amide bonds. The van der Waals surface area contributed by atoms with Crippen LogP contribution in [0, 0.1) is 5.39 Å². The van der Waals surface area contributed by atoms with Gasteiger partial charge in [0.05, 0.1) is 0 Å². The third-order valence-electron chi connectivity index (χ3n) is 4.15. The van der Waals surface area contributed by atoms with Gasteiger partial charge < -0.3 is 10.0 Å². The minimum absolute atomic E-state index is 0.117. The fraction of sp³-hybridized carbons (Fsp3) is 0.167. The highest BCUT2D eigenvalue weighted by Crippen LogP contribution is 2.40. The summed E-state index contributed by atoms with van der Waals surface area (Å²) in [5.74, 6) is -0.534. The number of hydrogen-bond donors (Lipinski definition) is 1. The summed E-state index contributed by atoms with van der Waals surface area (Å²) in [5, 5.41) is 19.7. The summed E-state index contributed by atoms with van der Waals surface area (Å²) in [6.45, 7) is 0. The van der Waals surface area contributed by atoms with Gasteiger partial charge in [0, 0.05) is 23.0 Å². The Kier molecular flexibility index (Phi) is 4.50. The van der Waals surface area contributed by atoms with Gasteiger partial charge in [0.15, 0.2) is 4.98 Å². The molecule has 1 saturated heterocycles. The van der Waals surface area contributed by atoms with Crippen molar-refractivity contribution in [2.45, 2.75) is 18.4 Å². The van der Waals surface area contributed by atoms with Gasteiger partial charge in [-0.1, -0.05) is 41.9 Å². The molecule has 6 heteroatoms. The minimum Gasteiger partial charge on any atom is -0.504 e. The zero-order chi connectivity index (χ0) is 17.1. The van der Waals surface area contributed by atoms with Gasteiger partial charge in [-0.2, -0.15) is 0 Å². The Balaban J connectivity index is 2.07. The first-order valence-corrected chi connectivity index (χ1v) is 7.85. The summed E-state index contributed by atoms with van der Waals surface area (Å²) in [6.07, 6.45) is 1.21. The number of anilines is 1. The number of benzene rings is 2. The maximum Gasteiger partial charge on any atom is 0.389 e. The molecule has 0 saturated carbocycles. The second-order valence-corrected chi connectivity index (χ2v) is 6.01. The van der Waals surface area contributed by atoms with Crippen molar-refractivity contribution in [3.63, 3.8) is 0 Å². The number of aliphatic hydroxyl groups excluding tert-OH is 1. The molecule has 1 aliphatic rings. The highest BCUT2D eigenvalue weighted by molar-refractivity contribution is 6.30. The van der Waals surface area contributed by atoms with Crippen LogP contribution in [0.5, 0.6) is 0 Å². The van der Waals surface area contributed by atoms with Gasteiger partial charge in [0.1, 0.15) is 6.04 Å². The van der Waals surface area contributed by atoms with Crippen LogP contribution in [0.1, 0.15) is 17.9 Å². The fourth-order valence-corrected chi connectivity index (χ4v) is 3.24. The van der Waals surface area contributed by atoms with E-state index in [4.69, 9.17) is 17.0 Å². The Morgan fingerprint density at radius 3 is 2.50 bits per heavy atom. The summed E-state index contributed by atoms with van der Waals surface area (Å²) in [5.41, 5.74) is 1.57. The Labute approximate surface area is 144 Å². The summed E-state index contributed by atoms with van der Waals surface area (Å²) in [7, 11) is 0. The molecule has 0 aliphatic carbocycles. The average molecular weight is 341 g/mol. The molecule has 2 atom stereocenters. The number of halogens is 1. The van der Waals surface area contributed by atoms with Crippen molar-refractivity contribution >= 4 is 23.2 Å². The first-order chi connectivity index (χ1) is 11.6.